The van der Waals surface area contributed by atoms with E-state index in [1.165, 1.54) is 0 Å². The van der Waals surface area contributed by atoms with Gasteiger partial charge >= 0.3 is 5.97 Å². The normalized spacial score (nSPS) is 16.1. The summed E-state index contributed by atoms with van der Waals surface area (Å²) >= 11 is 0. The fourth-order valence-electron chi connectivity index (χ4n) is 3.14. The summed E-state index contributed by atoms with van der Waals surface area (Å²) in [5.74, 6) is -0.277. The number of carboxylic acid groups (broad SMARTS) is 1. The van der Waals surface area contributed by atoms with Crippen molar-refractivity contribution in [2.45, 2.75) is 45.1 Å². The molecule has 32 heavy (non-hydrogen) atoms. The van der Waals surface area contributed by atoms with Crippen LogP contribution in [0.4, 0.5) is 5.69 Å². The Kier molecular flexibility index (Phi) is 8.04. The van der Waals surface area contributed by atoms with E-state index in [9.17, 15) is 4.79 Å². The number of carbonyl (C=O) groups is 1. The van der Waals surface area contributed by atoms with Crippen LogP contribution in [0.1, 0.15) is 45.1 Å². The number of benzene rings is 1. The highest BCUT2D eigenvalue weighted by molar-refractivity contribution is 5.66. The number of ether oxygens (including phenoxy) is 2. The monoisotopic (exact) mass is 432 g/mol. The molecule has 3 N–H and O–H groups in total. The molecule has 1 aliphatic rings. The third kappa shape index (κ3) is 5.90. The van der Waals surface area contributed by atoms with Crippen LogP contribution in [0, 0.1) is 24.5 Å². The van der Waals surface area contributed by atoms with Crippen molar-refractivity contribution >= 4 is 17.7 Å². The van der Waals surface area contributed by atoms with Crippen LogP contribution in [0.5, 0.6) is 5.75 Å². The zero-order valence-corrected chi connectivity index (χ0v) is 18.0. The molecule has 164 valence electrons. The average molecular weight is 432 g/mol. The second kappa shape index (κ2) is 10.7. The van der Waals surface area contributed by atoms with Gasteiger partial charge in [-0.2, -0.15) is 0 Å². The molecule has 0 amide bonds. The smallest absolute Gasteiger partial charge is 0.303 e. The fraction of sp³-hybridized carbons (Fsp3) is 0.333. The van der Waals surface area contributed by atoms with Crippen molar-refractivity contribution in [3.8, 4) is 11.8 Å². The molecular weight excluding hydrogens is 408 g/mol. The first kappa shape index (κ1) is 24.1. The lowest BCUT2D eigenvalue weighted by molar-refractivity contribution is -0.137. The Bertz CT molecular complexity index is 1090. The van der Waals surface area contributed by atoms with Gasteiger partial charge < -0.3 is 20.3 Å². The topological polar surface area (TPSA) is 114 Å². The zero-order valence-electron chi connectivity index (χ0n) is 18.0. The van der Waals surface area contributed by atoms with E-state index >= 15 is 0 Å². The molecule has 0 saturated heterocycles. The van der Waals surface area contributed by atoms with Gasteiger partial charge in [0, 0.05) is 12.0 Å². The largest absolute Gasteiger partial charge is 0.505 e. The van der Waals surface area contributed by atoms with Crippen molar-refractivity contribution in [2.75, 3.05) is 12.3 Å². The molecule has 8 nitrogen and oxygen atoms in total. The number of nitriles is 1. The number of rotatable bonds is 9. The molecule has 0 radical (unpaired) electrons. The molecular formula is C24H24N4O4. The first-order chi connectivity index (χ1) is 15.2. The number of hydrogen-bond donors (Lipinski definition) is 2. The second-order valence-corrected chi connectivity index (χ2v) is 7.57. The van der Waals surface area contributed by atoms with Crippen LogP contribution in [0.25, 0.3) is 15.8 Å². The van der Waals surface area contributed by atoms with Crippen LogP contribution in [0.3, 0.4) is 0 Å². The molecule has 1 heterocycles. The number of nitrogens with zero attached hydrogens (tertiary/aromatic N) is 3. The molecule has 1 aromatic rings. The summed E-state index contributed by atoms with van der Waals surface area (Å²) in [7, 11) is 0. The van der Waals surface area contributed by atoms with Crippen LogP contribution >= 0.6 is 0 Å². The molecule has 0 aliphatic carbocycles. The summed E-state index contributed by atoms with van der Waals surface area (Å²) < 4.78 is 11.5. The van der Waals surface area contributed by atoms with Crippen LogP contribution in [-0.4, -0.2) is 23.3 Å². The van der Waals surface area contributed by atoms with Gasteiger partial charge in [0.25, 0.3) is 5.70 Å². The van der Waals surface area contributed by atoms with Crippen molar-refractivity contribution in [1.82, 2.24) is 0 Å². The SMILES string of the molecule is [C-]#[N+]C(C#N)=C1OC(C)(C)C(C=Cc2ccc(N)c(OCCCCCC(=O)O)c2)=C1[N+]#[C-]. The standard InChI is InChI=1S/C24H24N4O4/c1-24(2)17(22(28-4)23(32-24)19(15-25)27-3)11-9-16-10-12-18(26)20(14-16)31-13-7-5-6-8-21(29)30/h9-12,14H,5-8,13,26H2,1-2H3,(H,29,30). The van der Waals surface area contributed by atoms with Gasteiger partial charge in [-0.15, -0.1) is 0 Å². The van der Waals surface area contributed by atoms with Crippen molar-refractivity contribution < 1.29 is 19.4 Å². The Labute approximate surface area is 187 Å². The van der Waals surface area contributed by atoms with Gasteiger partial charge in [-0.05, 0) is 50.8 Å². The molecule has 8 heteroatoms. The molecule has 0 spiro atoms. The van der Waals surface area contributed by atoms with Gasteiger partial charge in [-0.25, -0.2) is 15.0 Å². The summed E-state index contributed by atoms with van der Waals surface area (Å²) in [6, 6.07) is 7.09. The molecule has 1 aromatic carbocycles. The Morgan fingerprint density at radius 1 is 1.31 bits per heavy atom. The molecule has 0 atom stereocenters. The lowest BCUT2D eigenvalue weighted by Crippen LogP contribution is -2.20. The van der Waals surface area contributed by atoms with Crippen molar-refractivity contribution in [1.29, 1.82) is 5.26 Å². The predicted octanol–water partition coefficient (Wildman–Crippen LogP) is 4.94. The van der Waals surface area contributed by atoms with Crippen LogP contribution in [-0.2, 0) is 9.53 Å². The van der Waals surface area contributed by atoms with E-state index < -0.39 is 11.6 Å². The fourth-order valence-corrected chi connectivity index (χ4v) is 3.14. The number of aliphatic carboxylic acids is 1. The summed E-state index contributed by atoms with van der Waals surface area (Å²) in [4.78, 5) is 17.2. The third-order valence-electron chi connectivity index (χ3n) is 4.79. The summed E-state index contributed by atoms with van der Waals surface area (Å²) in [6.45, 7) is 18.6. The number of anilines is 1. The van der Waals surface area contributed by atoms with Crippen LogP contribution < -0.4 is 10.5 Å². The minimum atomic E-state index is -0.873. The molecule has 1 aliphatic heterocycles. The number of hydrogen-bond acceptors (Lipinski definition) is 5. The first-order valence-corrected chi connectivity index (χ1v) is 9.99. The minimum absolute atomic E-state index is 0.00590. The molecule has 0 bridgehead atoms. The highest BCUT2D eigenvalue weighted by Crippen LogP contribution is 2.41. The highest BCUT2D eigenvalue weighted by atomic mass is 16.5. The van der Waals surface area contributed by atoms with Crippen LogP contribution in [0.15, 0.2) is 47.0 Å². The Balaban J connectivity index is 2.20. The third-order valence-corrected chi connectivity index (χ3v) is 4.79. The van der Waals surface area contributed by atoms with Gasteiger partial charge in [0.1, 0.15) is 17.1 Å². The Morgan fingerprint density at radius 3 is 2.69 bits per heavy atom. The number of nitrogen functional groups attached to an aromatic ring is 1. The lowest BCUT2D eigenvalue weighted by Gasteiger charge is -2.22. The van der Waals surface area contributed by atoms with Gasteiger partial charge in [0.05, 0.1) is 31.5 Å². The van der Waals surface area contributed by atoms with Gasteiger partial charge in [-0.1, -0.05) is 18.2 Å². The van der Waals surface area contributed by atoms with E-state index in [1.54, 1.807) is 44.2 Å². The van der Waals surface area contributed by atoms with Crippen molar-refractivity contribution in [3.05, 3.63) is 75.4 Å². The average Bonchev–Trinajstić information content (AvgIpc) is 3.00. The van der Waals surface area contributed by atoms with E-state index in [1.807, 2.05) is 6.07 Å². The minimum Gasteiger partial charge on any atom is -0.505 e. The molecule has 0 unspecified atom stereocenters. The molecule has 2 rings (SSSR count). The summed E-state index contributed by atoms with van der Waals surface area (Å²) in [6.07, 6.45) is 5.74. The Hall–Kier alpha value is -4.22. The molecule has 0 fully saturated rings. The number of carboxylic acids is 1. The molecule has 0 saturated carbocycles. The maximum absolute atomic E-state index is 10.5. The number of allylic oxidation sites excluding steroid dienone is 1. The highest BCUT2D eigenvalue weighted by Gasteiger charge is 2.38. The van der Waals surface area contributed by atoms with E-state index in [0.29, 0.717) is 30.0 Å². The summed E-state index contributed by atoms with van der Waals surface area (Å²) in [5, 5.41) is 17.8. The van der Waals surface area contributed by atoms with Crippen LogP contribution in [0.2, 0.25) is 0 Å². The lowest BCUT2D eigenvalue weighted by atomic mass is 9.96. The van der Waals surface area contributed by atoms with Gasteiger partial charge in [0.15, 0.2) is 0 Å². The van der Waals surface area contributed by atoms with E-state index in [4.69, 9.17) is 38.7 Å². The summed E-state index contributed by atoms with van der Waals surface area (Å²) in [5.41, 5.74) is 6.86. The number of unbranched alkanes of at least 4 members (excludes halogenated alkanes) is 2. The maximum atomic E-state index is 10.5. The quantitative estimate of drug-likeness (QED) is 0.247. The Morgan fingerprint density at radius 2 is 2.06 bits per heavy atom. The first-order valence-electron chi connectivity index (χ1n) is 9.99. The van der Waals surface area contributed by atoms with E-state index in [2.05, 4.69) is 9.69 Å². The molecule has 0 aromatic heterocycles. The predicted molar refractivity (Wildman–Crippen MR) is 120 cm³/mol. The van der Waals surface area contributed by atoms with Crippen molar-refractivity contribution in [2.24, 2.45) is 0 Å². The second-order valence-electron chi connectivity index (χ2n) is 7.57. The zero-order chi connectivity index (χ0) is 23.7. The maximum Gasteiger partial charge on any atom is 0.303 e. The van der Waals surface area contributed by atoms with E-state index in [0.717, 1.165) is 18.4 Å². The van der Waals surface area contributed by atoms with Gasteiger partial charge in [0.2, 0.25) is 5.70 Å². The van der Waals surface area contributed by atoms with E-state index in [-0.39, 0.29) is 23.6 Å². The van der Waals surface area contributed by atoms with Gasteiger partial charge in [-0.3, -0.25) is 4.79 Å². The number of nitrogens with two attached hydrogens (primary N) is 1. The van der Waals surface area contributed by atoms with Crippen molar-refractivity contribution in [3.63, 3.8) is 0 Å².